The Morgan fingerprint density at radius 1 is 1.00 bits per heavy atom. The van der Waals surface area contributed by atoms with Gasteiger partial charge in [0.2, 0.25) is 0 Å². The topological polar surface area (TPSA) is 3.24 Å². The van der Waals surface area contributed by atoms with E-state index < -0.39 is 0 Å². The molecule has 3 rings (SSSR count). The molecule has 1 nitrogen and oxygen atoms in total. The number of benzene rings is 2. The average Bonchev–Trinajstić information content (AvgIpc) is 2.38. The molecule has 0 N–H and O–H groups in total. The number of hydrogen-bond acceptors (Lipinski definition) is 1. The molecule has 0 aromatic heterocycles. The number of nitrogens with zero attached hydrogens (tertiary/aromatic N) is 1. The van der Waals surface area contributed by atoms with Crippen molar-refractivity contribution in [2.24, 2.45) is 0 Å². The number of para-hydroxylation sites is 1. The molecular formula is C15H12ClN. The molecule has 84 valence electrons. The van der Waals surface area contributed by atoms with E-state index in [-0.39, 0.29) is 0 Å². The van der Waals surface area contributed by atoms with Gasteiger partial charge in [0.05, 0.1) is 0 Å². The van der Waals surface area contributed by atoms with Crippen LogP contribution in [0.3, 0.4) is 0 Å². The quantitative estimate of drug-likeness (QED) is 0.710. The molecule has 0 atom stereocenters. The molecule has 17 heavy (non-hydrogen) atoms. The van der Waals surface area contributed by atoms with Gasteiger partial charge in [-0.1, -0.05) is 48.0 Å². The number of halogens is 1. The maximum atomic E-state index is 6.05. The zero-order valence-corrected chi connectivity index (χ0v) is 10.1. The van der Waals surface area contributed by atoms with Gasteiger partial charge >= 0.3 is 0 Å². The fourth-order valence-corrected chi connectivity index (χ4v) is 2.33. The summed E-state index contributed by atoms with van der Waals surface area (Å²) in [4.78, 5) is 2.27. The molecule has 0 saturated heterocycles. The Kier molecular flexibility index (Phi) is 2.62. The van der Waals surface area contributed by atoms with E-state index in [4.69, 9.17) is 11.6 Å². The third-order valence-electron chi connectivity index (χ3n) is 2.93. The van der Waals surface area contributed by atoms with Crippen molar-refractivity contribution < 1.29 is 0 Å². The molecule has 2 heteroatoms. The Morgan fingerprint density at radius 2 is 1.88 bits per heavy atom. The highest BCUT2D eigenvalue weighted by Gasteiger charge is 2.13. The lowest BCUT2D eigenvalue weighted by molar-refractivity contribution is 1.08. The van der Waals surface area contributed by atoms with Crippen LogP contribution in [0.1, 0.15) is 5.56 Å². The monoisotopic (exact) mass is 241 g/mol. The molecule has 2 aromatic carbocycles. The first-order chi connectivity index (χ1) is 8.34. The molecule has 0 fully saturated rings. The summed E-state index contributed by atoms with van der Waals surface area (Å²) in [6.07, 6.45) is 4.33. The van der Waals surface area contributed by atoms with Crippen molar-refractivity contribution >= 4 is 29.1 Å². The Bertz CT molecular complexity index is 575. The molecule has 0 aliphatic carbocycles. The number of rotatable bonds is 1. The third kappa shape index (κ3) is 1.94. The Labute approximate surface area is 106 Å². The lowest BCUT2D eigenvalue weighted by atomic mass is 10.1. The van der Waals surface area contributed by atoms with Gasteiger partial charge in [0.15, 0.2) is 0 Å². The first kappa shape index (κ1) is 10.4. The standard InChI is InChI=1S/C15H12ClN/c16-13-7-3-8-14(11-13)17-10-4-6-12-5-1-2-9-15(12)17/h1-9,11H,10H2. The summed E-state index contributed by atoms with van der Waals surface area (Å²) >= 11 is 6.05. The van der Waals surface area contributed by atoms with Gasteiger partial charge in [0, 0.05) is 22.9 Å². The zero-order chi connectivity index (χ0) is 11.7. The molecule has 0 spiro atoms. The lowest BCUT2D eigenvalue weighted by Gasteiger charge is -2.28. The van der Waals surface area contributed by atoms with Crippen LogP contribution >= 0.6 is 11.6 Å². The third-order valence-corrected chi connectivity index (χ3v) is 3.17. The van der Waals surface area contributed by atoms with E-state index in [9.17, 15) is 0 Å². The second-order valence-electron chi connectivity index (χ2n) is 4.05. The van der Waals surface area contributed by atoms with Crippen molar-refractivity contribution in [3.63, 3.8) is 0 Å². The molecule has 0 saturated carbocycles. The minimum Gasteiger partial charge on any atom is -0.337 e. The highest BCUT2D eigenvalue weighted by atomic mass is 35.5. The van der Waals surface area contributed by atoms with Gasteiger partial charge in [0.1, 0.15) is 0 Å². The van der Waals surface area contributed by atoms with Crippen molar-refractivity contribution in [3.05, 3.63) is 65.2 Å². The van der Waals surface area contributed by atoms with E-state index >= 15 is 0 Å². The van der Waals surface area contributed by atoms with Crippen LogP contribution in [0, 0.1) is 0 Å². The first-order valence-corrected chi connectivity index (χ1v) is 6.01. The Hall–Kier alpha value is -1.73. The molecule has 0 radical (unpaired) electrons. The van der Waals surface area contributed by atoms with Crippen LogP contribution in [-0.2, 0) is 0 Å². The van der Waals surface area contributed by atoms with E-state index in [0.717, 1.165) is 17.3 Å². The number of anilines is 2. The van der Waals surface area contributed by atoms with Crippen molar-refractivity contribution in [3.8, 4) is 0 Å². The fraction of sp³-hybridized carbons (Fsp3) is 0.0667. The van der Waals surface area contributed by atoms with E-state index in [2.05, 4.69) is 47.4 Å². The summed E-state index contributed by atoms with van der Waals surface area (Å²) in [5.41, 5.74) is 3.62. The van der Waals surface area contributed by atoms with E-state index in [1.54, 1.807) is 0 Å². The number of fused-ring (bicyclic) bond motifs is 1. The molecule has 1 aliphatic heterocycles. The smallest absolute Gasteiger partial charge is 0.0487 e. The van der Waals surface area contributed by atoms with Gasteiger partial charge in [-0.2, -0.15) is 0 Å². The summed E-state index contributed by atoms with van der Waals surface area (Å²) < 4.78 is 0. The van der Waals surface area contributed by atoms with Crippen LogP contribution in [0.2, 0.25) is 5.02 Å². The van der Waals surface area contributed by atoms with Crippen molar-refractivity contribution in [1.29, 1.82) is 0 Å². The fourth-order valence-electron chi connectivity index (χ4n) is 2.15. The SMILES string of the molecule is Clc1cccc(N2CC=Cc3ccccc32)c1. The van der Waals surface area contributed by atoms with E-state index in [1.807, 2.05) is 18.2 Å². The minimum atomic E-state index is 0.773. The summed E-state index contributed by atoms with van der Waals surface area (Å²) in [6, 6.07) is 16.4. The molecular weight excluding hydrogens is 230 g/mol. The second-order valence-corrected chi connectivity index (χ2v) is 4.49. The molecule has 2 aromatic rings. The van der Waals surface area contributed by atoms with Gasteiger partial charge < -0.3 is 4.90 Å². The van der Waals surface area contributed by atoms with Crippen molar-refractivity contribution in [2.45, 2.75) is 0 Å². The van der Waals surface area contributed by atoms with E-state index in [0.29, 0.717) is 0 Å². The summed E-state index contributed by atoms with van der Waals surface area (Å²) in [5, 5.41) is 0.773. The Morgan fingerprint density at radius 3 is 2.76 bits per heavy atom. The van der Waals surface area contributed by atoms with Crippen LogP contribution in [0.25, 0.3) is 6.08 Å². The predicted octanol–water partition coefficient (Wildman–Crippen LogP) is 4.50. The second kappa shape index (κ2) is 4.27. The van der Waals surface area contributed by atoms with Crippen LogP contribution in [0.4, 0.5) is 11.4 Å². The largest absolute Gasteiger partial charge is 0.337 e. The van der Waals surface area contributed by atoms with Crippen LogP contribution in [0.5, 0.6) is 0 Å². The maximum Gasteiger partial charge on any atom is 0.0487 e. The van der Waals surface area contributed by atoms with Gasteiger partial charge in [-0.3, -0.25) is 0 Å². The van der Waals surface area contributed by atoms with Crippen LogP contribution < -0.4 is 4.90 Å². The molecule has 0 amide bonds. The molecule has 1 heterocycles. The van der Waals surface area contributed by atoms with Crippen molar-refractivity contribution in [2.75, 3.05) is 11.4 Å². The van der Waals surface area contributed by atoms with Gasteiger partial charge in [-0.15, -0.1) is 0 Å². The minimum absolute atomic E-state index is 0.773. The maximum absolute atomic E-state index is 6.05. The summed E-state index contributed by atoms with van der Waals surface area (Å²) in [5.74, 6) is 0. The van der Waals surface area contributed by atoms with E-state index in [1.165, 1.54) is 11.3 Å². The highest BCUT2D eigenvalue weighted by Crippen LogP contribution is 2.33. The molecule has 0 unspecified atom stereocenters. The van der Waals surface area contributed by atoms with Crippen LogP contribution in [-0.4, -0.2) is 6.54 Å². The summed E-state index contributed by atoms with van der Waals surface area (Å²) in [6.45, 7) is 0.886. The first-order valence-electron chi connectivity index (χ1n) is 5.63. The lowest BCUT2D eigenvalue weighted by Crippen LogP contribution is -2.19. The zero-order valence-electron chi connectivity index (χ0n) is 9.31. The predicted molar refractivity (Wildman–Crippen MR) is 73.9 cm³/mol. The molecule has 0 bridgehead atoms. The normalized spacial score (nSPS) is 13.6. The number of hydrogen-bond donors (Lipinski definition) is 0. The van der Waals surface area contributed by atoms with Crippen molar-refractivity contribution in [1.82, 2.24) is 0 Å². The summed E-state index contributed by atoms with van der Waals surface area (Å²) in [7, 11) is 0. The van der Waals surface area contributed by atoms with Crippen LogP contribution in [0.15, 0.2) is 54.6 Å². The molecule has 1 aliphatic rings. The van der Waals surface area contributed by atoms with Gasteiger partial charge in [-0.05, 0) is 29.8 Å². The average molecular weight is 242 g/mol. The van der Waals surface area contributed by atoms with Gasteiger partial charge in [0.25, 0.3) is 0 Å². The highest BCUT2D eigenvalue weighted by molar-refractivity contribution is 6.30. The van der Waals surface area contributed by atoms with Gasteiger partial charge in [-0.25, -0.2) is 0 Å². The Balaban J connectivity index is 2.09.